The lowest BCUT2D eigenvalue weighted by molar-refractivity contribution is -0.137. The van der Waals surface area contributed by atoms with E-state index in [1.165, 1.54) is 0 Å². The molecule has 1 amide bonds. The van der Waals surface area contributed by atoms with Crippen LogP contribution in [0.2, 0.25) is 0 Å². The topological polar surface area (TPSA) is 71.1 Å². The molecule has 1 aliphatic rings. The number of carbonyl (C=O) groups is 1. The maximum atomic E-state index is 12.7. The van der Waals surface area contributed by atoms with Crippen molar-refractivity contribution in [3.05, 3.63) is 59.4 Å². The fourth-order valence-corrected chi connectivity index (χ4v) is 4.68. The number of aromatic nitrogens is 3. The van der Waals surface area contributed by atoms with E-state index in [2.05, 4.69) is 15.0 Å². The molecule has 1 aliphatic heterocycles. The first-order valence-corrected chi connectivity index (χ1v) is 10.3. The number of fused-ring (bicyclic) bond motifs is 2. The summed E-state index contributed by atoms with van der Waals surface area (Å²) in [7, 11) is 0. The summed E-state index contributed by atoms with van der Waals surface area (Å²) in [4.78, 5) is 27.2. The van der Waals surface area contributed by atoms with Gasteiger partial charge in [0.1, 0.15) is 17.4 Å². The van der Waals surface area contributed by atoms with Crippen molar-refractivity contribution < 1.29 is 9.53 Å². The molecule has 1 saturated heterocycles. The molecule has 1 fully saturated rings. The highest BCUT2D eigenvalue weighted by atomic mass is 32.1. The van der Waals surface area contributed by atoms with E-state index in [9.17, 15) is 4.79 Å². The summed E-state index contributed by atoms with van der Waals surface area (Å²) in [5.74, 6) is 0.863. The van der Waals surface area contributed by atoms with E-state index >= 15 is 0 Å². The zero-order valence-corrected chi connectivity index (χ0v) is 16.1. The highest BCUT2D eigenvalue weighted by Gasteiger charge is 2.32. The Labute approximate surface area is 166 Å². The number of rotatable bonds is 5. The molecule has 4 aromatic rings. The van der Waals surface area contributed by atoms with Crippen LogP contribution in [0.25, 0.3) is 21.3 Å². The minimum atomic E-state index is -0.00838. The summed E-state index contributed by atoms with van der Waals surface area (Å²) < 4.78 is 6.83. The Bertz CT molecular complexity index is 1070. The molecule has 0 aliphatic carbocycles. The number of aromatic amines is 1. The smallest absolute Gasteiger partial charge is 0.249 e. The van der Waals surface area contributed by atoms with Gasteiger partial charge >= 0.3 is 0 Å². The highest BCUT2D eigenvalue weighted by Crippen LogP contribution is 2.31. The number of carbonyl (C=O) groups excluding carboxylic acids is 1. The first-order chi connectivity index (χ1) is 13.8. The summed E-state index contributed by atoms with van der Waals surface area (Å²) in [5.41, 5.74) is 2.91. The lowest BCUT2D eigenvalue weighted by Crippen LogP contribution is -2.34. The van der Waals surface area contributed by atoms with Crippen molar-refractivity contribution in [2.75, 3.05) is 13.2 Å². The van der Waals surface area contributed by atoms with Crippen molar-refractivity contribution in [3.63, 3.8) is 0 Å². The zero-order valence-electron chi connectivity index (χ0n) is 15.3. The minimum absolute atomic E-state index is 0.00377. The van der Waals surface area contributed by atoms with Crippen LogP contribution in [0.4, 0.5) is 0 Å². The number of amides is 1. The van der Waals surface area contributed by atoms with Gasteiger partial charge in [-0.15, -0.1) is 11.3 Å². The second kappa shape index (κ2) is 7.33. The average molecular weight is 392 g/mol. The second-order valence-electron chi connectivity index (χ2n) is 6.95. The van der Waals surface area contributed by atoms with Gasteiger partial charge in [0.15, 0.2) is 0 Å². The zero-order chi connectivity index (χ0) is 18.9. The van der Waals surface area contributed by atoms with Crippen LogP contribution in [0.15, 0.2) is 48.5 Å². The van der Waals surface area contributed by atoms with Gasteiger partial charge in [-0.2, -0.15) is 0 Å². The molecule has 1 N–H and O–H groups in total. The molecule has 0 saturated carbocycles. The molecule has 2 aromatic heterocycles. The van der Waals surface area contributed by atoms with Gasteiger partial charge < -0.3 is 14.6 Å². The van der Waals surface area contributed by atoms with E-state index in [0.717, 1.165) is 51.5 Å². The first kappa shape index (κ1) is 17.3. The maximum Gasteiger partial charge on any atom is 0.249 e. The van der Waals surface area contributed by atoms with Crippen molar-refractivity contribution in [3.8, 4) is 0 Å². The molecule has 5 rings (SSSR count). The number of hydrogen-bond donors (Lipinski definition) is 1. The van der Waals surface area contributed by atoms with Crippen LogP contribution in [0.5, 0.6) is 0 Å². The molecular weight excluding hydrogens is 372 g/mol. The van der Waals surface area contributed by atoms with Gasteiger partial charge in [0, 0.05) is 6.54 Å². The number of imidazole rings is 1. The molecule has 0 radical (unpaired) electrons. The number of para-hydroxylation sites is 3. The van der Waals surface area contributed by atoms with Crippen LogP contribution < -0.4 is 0 Å². The first-order valence-electron chi connectivity index (χ1n) is 9.44. The Balaban J connectivity index is 1.24. The predicted octanol–water partition coefficient (Wildman–Crippen LogP) is 4.05. The molecule has 2 aromatic carbocycles. The Morgan fingerprint density at radius 2 is 1.96 bits per heavy atom. The Kier molecular flexibility index (Phi) is 4.54. The molecule has 3 heterocycles. The summed E-state index contributed by atoms with van der Waals surface area (Å²) in [6, 6.07) is 15.9. The summed E-state index contributed by atoms with van der Waals surface area (Å²) in [6.07, 6.45) is 1.90. The third-order valence-corrected chi connectivity index (χ3v) is 6.10. The standard InChI is InChI=1S/C21H20N4O2S/c26-20(13-27-12-19-22-16-8-3-4-10-18(16)28-19)25-11-5-9-17(25)21-23-14-6-1-2-7-15(14)24-21/h1-4,6-8,10,17H,5,9,11-13H2,(H,23,24)/t17-/m0/s1. The number of likely N-dealkylation sites (tertiary alicyclic amines) is 1. The molecule has 7 heteroatoms. The van der Waals surface area contributed by atoms with Gasteiger partial charge in [-0.25, -0.2) is 9.97 Å². The van der Waals surface area contributed by atoms with Crippen LogP contribution in [-0.2, 0) is 16.1 Å². The fourth-order valence-electron chi connectivity index (χ4n) is 3.77. The normalized spacial score (nSPS) is 17.0. The van der Waals surface area contributed by atoms with Crippen molar-refractivity contribution in [2.24, 2.45) is 0 Å². The Hall–Kier alpha value is -2.77. The number of ether oxygens (including phenoxy) is 1. The predicted molar refractivity (Wildman–Crippen MR) is 109 cm³/mol. The summed E-state index contributed by atoms with van der Waals surface area (Å²) in [6.45, 7) is 1.16. The van der Waals surface area contributed by atoms with Crippen molar-refractivity contribution in [2.45, 2.75) is 25.5 Å². The van der Waals surface area contributed by atoms with Crippen LogP contribution in [0.1, 0.15) is 29.7 Å². The van der Waals surface area contributed by atoms with E-state index in [-0.39, 0.29) is 18.6 Å². The van der Waals surface area contributed by atoms with E-state index < -0.39 is 0 Å². The minimum Gasteiger partial charge on any atom is -0.364 e. The van der Waals surface area contributed by atoms with Gasteiger partial charge in [0.25, 0.3) is 0 Å². The van der Waals surface area contributed by atoms with Gasteiger partial charge in [0.05, 0.1) is 33.9 Å². The van der Waals surface area contributed by atoms with E-state index in [4.69, 9.17) is 4.74 Å². The molecule has 0 bridgehead atoms. The van der Waals surface area contributed by atoms with Crippen LogP contribution in [0, 0.1) is 0 Å². The number of hydrogen-bond acceptors (Lipinski definition) is 5. The maximum absolute atomic E-state index is 12.7. The summed E-state index contributed by atoms with van der Waals surface area (Å²) >= 11 is 1.60. The average Bonchev–Trinajstić information content (AvgIpc) is 3.43. The van der Waals surface area contributed by atoms with Gasteiger partial charge in [-0.1, -0.05) is 24.3 Å². The van der Waals surface area contributed by atoms with Gasteiger partial charge in [-0.3, -0.25) is 4.79 Å². The molecule has 142 valence electrons. The third kappa shape index (κ3) is 3.27. The largest absolute Gasteiger partial charge is 0.364 e. The molecular formula is C21H20N4O2S. The van der Waals surface area contributed by atoms with Crippen molar-refractivity contribution in [1.82, 2.24) is 19.9 Å². The van der Waals surface area contributed by atoms with E-state index in [1.807, 2.05) is 53.4 Å². The van der Waals surface area contributed by atoms with E-state index in [0.29, 0.717) is 6.61 Å². The molecule has 1 atom stereocenters. The van der Waals surface area contributed by atoms with Crippen LogP contribution in [-0.4, -0.2) is 38.9 Å². The number of thiazole rings is 1. The Morgan fingerprint density at radius 3 is 2.82 bits per heavy atom. The van der Waals surface area contributed by atoms with Crippen molar-refractivity contribution in [1.29, 1.82) is 0 Å². The third-order valence-electron chi connectivity index (χ3n) is 5.09. The number of nitrogens with zero attached hydrogens (tertiary/aromatic N) is 3. The lowest BCUT2D eigenvalue weighted by Gasteiger charge is -2.23. The second-order valence-corrected chi connectivity index (χ2v) is 8.07. The number of benzene rings is 2. The molecule has 0 spiro atoms. The Morgan fingerprint density at radius 1 is 1.14 bits per heavy atom. The SMILES string of the molecule is O=C(COCc1nc2ccccc2s1)N1CCC[C@H]1c1nc2ccccc2[nH]1. The molecule has 6 nitrogen and oxygen atoms in total. The quantitative estimate of drug-likeness (QED) is 0.556. The lowest BCUT2D eigenvalue weighted by atomic mass is 10.2. The number of H-pyrrole nitrogens is 1. The monoisotopic (exact) mass is 392 g/mol. The highest BCUT2D eigenvalue weighted by molar-refractivity contribution is 7.18. The summed E-state index contributed by atoms with van der Waals surface area (Å²) in [5, 5.41) is 0.893. The van der Waals surface area contributed by atoms with Crippen LogP contribution in [0.3, 0.4) is 0 Å². The van der Waals surface area contributed by atoms with Crippen molar-refractivity contribution >= 4 is 38.5 Å². The fraction of sp³-hybridized carbons (Fsp3) is 0.286. The van der Waals surface area contributed by atoms with Crippen LogP contribution >= 0.6 is 11.3 Å². The van der Waals surface area contributed by atoms with Gasteiger partial charge in [0.2, 0.25) is 5.91 Å². The molecule has 28 heavy (non-hydrogen) atoms. The molecule has 0 unspecified atom stereocenters. The van der Waals surface area contributed by atoms with E-state index in [1.54, 1.807) is 11.3 Å². The van der Waals surface area contributed by atoms with Gasteiger partial charge in [-0.05, 0) is 37.1 Å². The number of nitrogens with one attached hydrogen (secondary N) is 1.